The van der Waals surface area contributed by atoms with Crippen molar-refractivity contribution >= 4 is 29.0 Å². The summed E-state index contributed by atoms with van der Waals surface area (Å²) in [7, 11) is 0. The largest absolute Gasteiger partial charge is 0.508 e. The van der Waals surface area contributed by atoms with Crippen molar-refractivity contribution in [2.45, 2.75) is 19.8 Å². The molecule has 6 heteroatoms. The third-order valence-corrected chi connectivity index (χ3v) is 4.73. The summed E-state index contributed by atoms with van der Waals surface area (Å²) in [6.45, 7) is 1.42. The van der Waals surface area contributed by atoms with Gasteiger partial charge in [-0.15, -0.1) is 0 Å². The predicted molar refractivity (Wildman–Crippen MR) is 105 cm³/mol. The summed E-state index contributed by atoms with van der Waals surface area (Å²) in [5.41, 5.74) is 3.49. The molecular formula is C21H18Cl2O4. The van der Waals surface area contributed by atoms with Gasteiger partial charge in [-0.05, 0) is 53.4 Å². The van der Waals surface area contributed by atoms with Crippen molar-refractivity contribution in [2.75, 3.05) is 6.61 Å². The summed E-state index contributed by atoms with van der Waals surface area (Å²) in [5.74, 6) is 0.598. The van der Waals surface area contributed by atoms with Crippen LogP contribution in [0.15, 0.2) is 53.3 Å². The molecule has 0 aliphatic carbocycles. The Labute approximate surface area is 167 Å². The number of halogens is 2. The van der Waals surface area contributed by atoms with E-state index in [0.29, 0.717) is 28.6 Å². The molecule has 27 heavy (non-hydrogen) atoms. The van der Waals surface area contributed by atoms with Gasteiger partial charge in [0.2, 0.25) is 0 Å². The first-order valence-electron chi connectivity index (χ1n) is 8.34. The van der Waals surface area contributed by atoms with Crippen LogP contribution in [-0.4, -0.2) is 17.5 Å². The molecule has 140 valence electrons. The number of ketones is 1. The first-order chi connectivity index (χ1) is 12.9. The minimum Gasteiger partial charge on any atom is -0.508 e. The fraction of sp³-hybridized carbons (Fsp3) is 0.190. The minimum atomic E-state index is -0.0828. The van der Waals surface area contributed by atoms with Gasteiger partial charge in [0.1, 0.15) is 18.1 Å². The van der Waals surface area contributed by atoms with Crippen LogP contribution < -0.4 is 4.74 Å². The number of benzene rings is 2. The van der Waals surface area contributed by atoms with E-state index in [1.807, 2.05) is 18.2 Å². The molecule has 1 aromatic heterocycles. The maximum absolute atomic E-state index is 11.1. The van der Waals surface area contributed by atoms with Crippen LogP contribution in [0.5, 0.6) is 11.5 Å². The van der Waals surface area contributed by atoms with Gasteiger partial charge in [-0.2, -0.15) is 0 Å². The number of carbonyl (C=O) groups is 1. The Bertz CT molecular complexity index is 926. The zero-order valence-corrected chi connectivity index (χ0v) is 16.2. The highest BCUT2D eigenvalue weighted by molar-refractivity contribution is 6.36. The molecule has 0 fully saturated rings. The summed E-state index contributed by atoms with van der Waals surface area (Å²) < 4.78 is 10.4. The topological polar surface area (TPSA) is 59.7 Å². The third kappa shape index (κ3) is 5.06. The number of Topliss-reactive ketones (excluding diaryl/α,β-unsaturated/α-hetero) is 1. The molecule has 0 bridgehead atoms. The highest BCUT2D eigenvalue weighted by atomic mass is 35.5. The maximum Gasteiger partial charge on any atom is 0.167 e. The molecule has 2 aromatic carbocycles. The van der Waals surface area contributed by atoms with Crippen molar-refractivity contribution in [3.05, 3.63) is 81.2 Å². The zero-order valence-electron chi connectivity index (χ0n) is 14.7. The number of rotatable bonds is 7. The van der Waals surface area contributed by atoms with Gasteiger partial charge in [0.05, 0.1) is 12.5 Å². The normalized spacial score (nSPS) is 10.8. The second kappa shape index (κ2) is 8.51. The summed E-state index contributed by atoms with van der Waals surface area (Å²) >= 11 is 12.7. The summed E-state index contributed by atoms with van der Waals surface area (Å²) in [6.07, 6.45) is 4.32. The number of phenolic OH excluding ortho intramolecular Hbond substituents is 1. The van der Waals surface area contributed by atoms with Gasteiger partial charge in [0.15, 0.2) is 5.78 Å². The molecule has 3 rings (SSSR count). The average molecular weight is 405 g/mol. The van der Waals surface area contributed by atoms with E-state index in [4.69, 9.17) is 32.4 Å². The zero-order chi connectivity index (χ0) is 19.4. The number of hydrogen-bond acceptors (Lipinski definition) is 4. The van der Waals surface area contributed by atoms with Crippen LogP contribution in [0.2, 0.25) is 10.0 Å². The standard InChI is InChI=1S/C21H18Cl2O4/c1-13(24)11-27-17-9-19(22)18(20(23)10-17)8-14-2-3-21(25)16(6-14)7-15-4-5-26-12-15/h2-6,9-10,12,25H,7-8,11H2,1H3. The molecule has 0 saturated carbocycles. The van der Waals surface area contributed by atoms with Crippen molar-refractivity contribution in [3.63, 3.8) is 0 Å². The van der Waals surface area contributed by atoms with Gasteiger partial charge >= 0.3 is 0 Å². The molecule has 1 N–H and O–H groups in total. The number of carbonyl (C=O) groups excluding carboxylic acids is 1. The molecule has 0 unspecified atom stereocenters. The van der Waals surface area contributed by atoms with Crippen LogP contribution in [0, 0.1) is 0 Å². The number of phenols is 1. The average Bonchev–Trinajstić information content (AvgIpc) is 3.12. The highest BCUT2D eigenvalue weighted by Crippen LogP contribution is 2.33. The lowest BCUT2D eigenvalue weighted by atomic mass is 9.99. The van der Waals surface area contributed by atoms with E-state index < -0.39 is 0 Å². The Morgan fingerprint density at radius 2 is 1.81 bits per heavy atom. The number of ether oxygens (including phenoxy) is 1. The van der Waals surface area contributed by atoms with Crippen LogP contribution >= 0.6 is 23.2 Å². The van der Waals surface area contributed by atoms with Crippen molar-refractivity contribution in [2.24, 2.45) is 0 Å². The van der Waals surface area contributed by atoms with Crippen molar-refractivity contribution in [1.29, 1.82) is 0 Å². The number of furan rings is 1. The fourth-order valence-corrected chi connectivity index (χ4v) is 3.33. The van der Waals surface area contributed by atoms with E-state index in [9.17, 15) is 9.90 Å². The Hall–Kier alpha value is -2.43. The molecule has 0 saturated heterocycles. The molecule has 0 aliphatic heterocycles. The Morgan fingerprint density at radius 3 is 2.44 bits per heavy atom. The van der Waals surface area contributed by atoms with Gasteiger partial charge < -0.3 is 14.3 Å². The minimum absolute atomic E-state index is 0.0265. The lowest BCUT2D eigenvalue weighted by molar-refractivity contribution is -0.118. The second-order valence-electron chi connectivity index (χ2n) is 6.30. The lowest BCUT2D eigenvalue weighted by Gasteiger charge is -2.12. The Morgan fingerprint density at radius 1 is 1.07 bits per heavy atom. The van der Waals surface area contributed by atoms with Crippen LogP contribution in [0.3, 0.4) is 0 Å². The molecule has 1 heterocycles. The molecular weight excluding hydrogens is 387 g/mol. The van der Waals surface area contributed by atoms with E-state index in [1.165, 1.54) is 6.92 Å². The molecule has 0 aliphatic rings. The maximum atomic E-state index is 11.1. The summed E-state index contributed by atoms with van der Waals surface area (Å²) in [6, 6.07) is 10.6. The van der Waals surface area contributed by atoms with Crippen LogP contribution in [0.1, 0.15) is 29.2 Å². The van der Waals surface area contributed by atoms with E-state index in [0.717, 1.165) is 22.3 Å². The monoisotopic (exact) mass is 404 g/mol. The SMILES string of the molecule is CC(=O)COc1cc(Cl)c(Cc2ccc(O)c(Cc3ccoc3)c2)c(Cl)c1. The van der Waals surface area contributed by atoms with Gasteiger partial charge in [-0.25, -0.2) is 0 Å². The van der Waals surface area contributed by atoms with Crippen molar-refractivity contribution in [3.8, 4) is 11.5 Å². The van der Waals surface area contributed by atoms with E-state index >= 15 is 0 Å². The van der Waals surface area contributed by atoms with Crippen LogP contribution in [-0.2, 0) is 17.6 Å². The fourth-order valence-electron chi connectivity index (χ4n) is 2.72. The number of aromatic hydroxyl groups is 1. The molecule has 4 nitrogen and oxygen atoms in total. The molecule has 0 spiro atoms. The first kappa shape index (κ1) is 19.3. The molecule has 3 aromatic rings. The Balaban J connectivity index is 1.81. The van der Waals surface area contributed by atoms with Crippen LogP contribution in [0.4, 0.5) is 0 Å². The smallest absolute Gasteiger partial charge is 0.167 e. The second-order valence-corrected chi connectivity index (χ2v) is 7.12. The van der Waals surface area contributed by atoms with E-state index in [2.05, 4.69) is 0 Å². The van der Waals surface area contributed by atoms with E-state index in [-0.39, 0.29) is 18.1 Å². The molecule has 0 amide bonds. The van der Waals surface area contributed by atoms with Crippen molar-refractivity contribution in [1.82, 2.24) is 0 Å². The highest BCUT2D eigenvalue weighted by Gasteiger charge is 2.12. The van der Waals surface area contributed by atoms with Gasteiger partial charge in [0, 0.05) is 22.9 Å². The molecule has 0 radical (unpaired) electrons. The first-order valence-corrected chi connectivity index (χ1v) is 9.10. The number of hydrogen-bond donors (Lipinski definition) is 1. The summed E-state index contributed by atoms with van der Waals surface area (Å²) in [5, 5.41) is 11.0. The quantitative estimate of drug-likeness (QED) is 0.569. The lowest BCUT2D eigenvalue weighted by Crippen LogP contribution is -2.06. The van der Waals surface area contributed by atoms with Crippen LogP contribution in [0.25, 0.3) is 0 Å². The predicted octanol–water partition coefficient (Wildman–Crippen LogP) is 5.44. The third-order valence-electron chi connectivity index (χ3n) is 4.06. The van der Waals surface area contributed by atoms with E-state index in [1.54, 1.807) is 30.7 Å². The summed E-state index contributed by atoms with van der Waals surface area (Å²) in [4.78, 5) is 11.1. The van der Waals surface area contributed by atoms with Gasteiger partial charge in [0.25, 0.3) is 0 Å². The van der Waals surface area contributed by atoms with Gasteiger partial charge in [-0.1, -0.05) is 35.3 Å². The van der Waals surface area contributed by atoms with Crippen molar-refractivity contribution < 1.29 is 19.1 Å². The Kier molecular flexibility index (Phi) is 6.09. The molecule has 0 atom stereocenters. The van der Waals surface area contributed by atoms with Gasteiger partial charge in [-0.3, -0.25) is 4.79 Å².